The van der Waals surface area contributed by atoms with E-state index >= 15 is 0 Å². The van der Waals surface area contributed by atoms with Gasteiger partial charge in [-0.2, -0.15) is 0 Å². The van der Waals surface area contributed by atoms with Crippen LogP contribution in [0.3, 0.4) is 0 Å². The predicted octanol–water partition coefficient (Wildman–Crippen LogP) is 4.30. The molecule has 1 N–H and O–H groups in total. The summed E-state index contributed by atoms with van der Waals surface area (Å²) in [5.74, 6) is 0.535. The number of hydrogen-bond acceptors (Lipinski definition) is 4. The van der Waals surface area contributed by atoms with Crippen molar-refractivity contribution in [2.45, 2.75) is 62.7 Å². The topological polar surface area (TPSA) is 50.8 Å². The second-order valence-electron chi connectivity index (χ2n) is 8.61. The van der Waals surface area contributed by atoms with Crippen molar-refractivity contribution in [2.24, 2.45) is 5.92 Å². The van der Waals surface area contributed by atoms with E-state index in [4.69, 9.17) is 32.7 Å². The molecule has 0 radical (unpaired) electrons. The number of benzene rings is 1. The molecule has 2 aliphatic heterocycles. The van der Waals surface area contributed by atoms with Crippen molar-refractivity contribution < 1.29 is 14.3 Å². The standard InChI is InChI=1S/C22H30Cl2N2O3/c1-25-21(27)20(29-17-12-15(23)11-16(24)13-17)18-5-7-22(6-4-10-28-22)14-19(18)26-8-2-3-9-26/h11-13,18-20H,2-10,14H2,1H3,(H,25,27)/t18-,19+,20?,22-/m1/s1. The van der Waals surface area contributed by atoms with Gasteiger partial charge >= 0.3 is 0 Å². The summed E-state index contributed by atoms with van der Waals surface area (Å²) in [5.41, 5.74) is -0.0175. The normalized spacial score (nSPS) is 31.1. The average molecular weight is 441 g/mol. The number of halogens is 2. The van der Waals surface area contributed by atoms with Crippen molar-refractivity contribution in [1.29, 1.82) is 0 Å². The summed E-state index contributed by atoms with van der Waals surface area (Å²) in [6.07, 6.45) is 6.97. The molecule has 2 heterocycles. The van der Waals surface area contributed by atoms with Crippen molar-refractivity contribution in [2.75, 3.05) is 26.7 Å². The summed E-state index contributed by atoms with van der Waals surface area (Å²) < 4.78 is 12.5. The van der Waals surface area contributed by atoms with Crippen molar-refractivity contribution in [3.63, 3.8) is 0 Å². The van der Waals surface area contributed by atoms with Crippen LogP contribution in [-0.4, -0.2) is 55.3 Å². The molecule has 4 rings (SSSR count). The van der Waals surface area contributed by atoms with Crippen molar-refractivity contribution in [3.8, 4) is 5.75 Å². The van der Waals surface area contributed by atoms with Gasteiger partial charge in [-0.25, -0.2) is 0 Å². The van der Waals surface area contributed by atoms with Crippen LogP contribution in [0, 0.1) is 5.92 Å². The second-order valence-corrected chi connectivity index (χ2v) is 9.48. The first-order valence-electron chi connectivity index (χ1n) is 10.7. The first-order chi connectivity index (χ1) is 14.0. The molecular formula is C22H30Cl2N2O3. The molecule has 0 aromatic heterocycles. The molecule has 7 heteroatoms. The fourth-order valence-electron chi connectivity index (χ4n) is 5.42. The van der Waals surface area contributed by atoms with E-state index in [1.165, 1.54) is 12.8 Å². The lowest BCUT2D eigenvalue weighted by Crippen LogP contribution is -2.56. The Bertz CT molecular complexity index is 713. The molecule has 3 fully saturated rings. The van der Waals surface area contributed by atoms with Gasteiger partial charge in [0.1, 0.15) is 5.75 Å². The van der Waals surface area contributed by atoms with Crippen LogP contribution in [0.25, 0.3) is 0 Å². The van der Waals surface area contributed by atoms with Gasteiger partial charge in [0.05, 0.1) is 5.60 Å². The molecule has 1 aromatic carbocycles. The molecule has 1 aliphatic carbocycles. The third kappa shape index (κ3) is 4.68. The van der Waals surface area contributed by atoms with Crippen molar-refractivity contribution in [3.05, 3.63) is 28.2 Å². The van der Waals surface area contributed by atoms with Crippen LogP contribution in [0.5, 0.6) is 5.75 Å². The monoisotopic (exact) mass is 440 g/mol. The zero-order chi connectivity index (χ0) is 20.4. The quantitative estimate of drug-likeness (QED) is 0.741. The molecule has 1 unspecified atom stereocenters. The number of amides is 1. The third-order valence-electron chi connectivity index (χ3n) is 6.80. The zero-order valence-corrected chi connectivity index (χ0v) is 18.5. The van der Waals surface area contributed by atoms with Gasteiger partial charge in [0.15, 0.2) is 6.10 Å². The summed E-state index contributed by atoms with van der Waals surface area (Å²) in [6.45, 7) is 3.02. The Labute approximate surface area is 183 Å². The van der Waals surface area contributed by atoms with E-state index in [1.54, 1.807) is 25.2 Å². The van der Waals surface area contributed by atoms with Gasteiger partial charge in [-0.15, -0.1) is 0 Å². The molecule has 1 spiro atoms. The second kappa shape index (κ2) is 9.01. The lowest BCUT2D eigenvalue weighted by atomic mass is 9.71. The summed E-state index contributed by atoms with van der Waals surface area (Å²) in [6, 6.07) is 5.39. The molecule has 160 valence electrons. The maximum atomic E-state index is 12.9. The van der Waals surface area contributed by atoms with Gasteiger partial charge in [-0.1, -0.05) is 23.2 Å². The first-order valence-corrected chi connectivity index (χ1v) is 11.5. The lowest BCUT2D eigenvalue weighted by molar-refractivity contribution is -0.136. The van der Waals surface area contributed by atoms with Crippen molar-refractivity contribution >= 4 is 29.1 Å². The van der Waals surface area contributed by atoms with Crippen molar-refractivity contribution in [1.82, 2.24) is 10.2 Å². The fraction of sp³-hybridized carbons (Fsp3) is 0.682. The molecule has 29 heavy (non-hydrogen) atoms. The minimum Gasteiger partial charge on any atom is -0.480 e. The Kier molecular flexibility index (Phi) is 6.59. The maximum Gasteiger partial charge on any atom is 0.261 e. The number of nitrogens with one attached hydrogen (secondary N) is 1. The van der Waals surface area contributed by atoms with Crippen LogP contribution in [0.4, 0.5) is 0 Å². The summed E-state index contributed by atoms with van der Waals surface area (Å²) in [7, 11) is 1.67. The number of likely N-dealkylation sites (tertiary alicyclic amines) is 1. The highest BCUT2D eigenvalue weighted by molar-refractivity contribution is 6.34. The molecule has 2 saturated heterocycles. The van der Waals surface area contributed by atoms with Gasteiger partial charge in [0, 0.05) is 35.7 Å². The molecule has 1 amide bonds. The predicted molar refractivity (Wildman–Crippen MR) is 115 cm³/mol. The van der Waals surface area contributed by atoms with Gasteiger partial charge < -0.3 is 14.8 Å². The molecule has 1 saturated carbocycles. The number of hydrogen-bond donors (Lipinski definition) is 1. The molecule has 1 aromatic rings. The number of nitrogens with zero attached hydrogens (tertiary/aromatic N) is 1. The molecule has 4 atom stereocenters. The first kappa shape index (κ1) is 21.2. The van der Waals surface area contributed by atoms with E-state index in [1.807, 2.05) is 0 Å². The van der Waals surface area contributed by atoms with E-state index in [0.717, 1.165) is 51.8 Å². The van der Waals surface area contributed by atoms with Gasteiger partial charge in [-0.3, -0.25) is 9.69 Å². The minimum absolute atomic E-state index is 0.0175. The zero-order valence-electron chi connectivity index (χ0n) is 17.0. The highest BCUT2D eigenvalue weighted by Gasteiger charge is 2.49. The fourth-order valence-corrected chi connectivity index (χ4v) is 5.92. The van der Waals surface area contributed by atoms with Crippen LogP contribution in [-0.2, 0) is 9.53 Å². The molecule has 3 aliphatic rings. The number of carbonyl (C=O) groups is 1. The molecular weight excluding hydrogens is 411 g/mol. The molecule has 0 bridgehead atoms. The van der Waals surface area contributed by atoms with E-state index in [2.05, 4.69) is 10.2 Å². The van der Waals surface area contributed by atoms with Crippen LogP contribution in [0.15, 0.2) is 18.2 Å². The Morgan fingerprint density at radius 3 is 2.55 bits per heavy atom. The van der Waals surface area contributed by atoms with Crippen LogP contribution in [0.2, 0.25) is 10.0 Å². The van der Waals surface area contributed by atoms with E-state index in [9.17, 15) is 4.79 Å². The number of carbonyl (C=O) groups excluding carboxylic acids is 1. The van der Waals surface area contributed by atoms with Crippen LogP contribution < -0.4 is 10.1 Å². The maximum absolute atomic E-state index is 12.9. The largest absolute Gasteiger partial charge is 0.480 e. The summed E-state index contributed by atoms with van der Waals surface area (Å²) in [5, 5.41) is 3.81. The Morgan fingerprint density at radius 2 is 1.93 bits per heavy atom. The number of likely N-dealkylation sites (N-methyl/N-ethyl adjacent to an activating group) is 1. The van der Waals surface area contributed by atoms with Crippen LogP contribution >= 0.6 is 23.2 Å². The lowest BCUT2D eigenvalue weighted by Gasteiger charge is -2.47. The third-order valence-corrected chi connectivity index (χ3v) is 7.23. The highest BCUT2D eigenvalue weighted by Crippen LogP contribution is 2.45. The summed E-state index contributed by atoms with van der Waals surface area (Å²) in [4.78, 5) is 15.5. The minimum atomic E-state index is -0.584. The highest BCUT2D eigenvalue weighted by atomic mass is 35.5. The number of rotatable bonds is 5. The average Bonchev–Trinajstić information content (AvgIpc) is 3.38. The number of ether oxygens (including phenoxy) is 2. The van der Waals surface area contributed by atoms with E-state index in [0.29, 0.717) is 15.8 Å². The van der Waals surface area contributed by atoms with E-state index in [-0.39, 0.29) is 23.5 Å². The molecule has 5 nitrogen and oxygen atoms in total. The van der Waals surface area contributed by atoms with E-state index < -0.39 is 6.10 Å². The Hall–Kier alpha value is -1.01. The van der Waals surface area contributed by atoms with Gasteiger partial charge in [0.2, 0.25) is 0 Å². The van der Waals surface area contributed by atoms with Crippen LogP contribution in [0.1, 0.15) is 44.9 Å². The SMILES string of the molecule is CNC(=O)C(Oc1cc(Cl)cc(Cl)c1)[C@@H]1CC[C@]2(CCCO2)C[C@@H]1N1CCCC1. The Balaban J connectivity index is 1.61. The Morgan fingerprint density at radius 1 is 1.21 bits per heavy atom. The van der Waals surface area contributed by atoms with Gasteiger partial charge in [0.25, 0.3) is 5.91 Å². The van der Waals surface area contributed by atoms with Gasteiger partial charge in [-0.05, 0) is 76.2 Å². The summed E-state index contributed by atoms with van der Waals surface area (Å²) >= 11 is 12.3. The smallest absolute Gasteiger partial charge is 0.261 e.